The molecule has 0 aromatic carbocycles. The fourth-order valence-electron chi connectivity index (χ4n) is 0.457. The van der Waals surface area contributed by atoms with Gasteiger partial charge in [0.2, 0.25) is 0 Å². The van der Waals surface area contributed by atoms with Crippen molar-refractivity contribution < 1.29 is 42.9 Å². The van der Waals surface area contributed by atoms with Crippen LogP contribution in [0.2, 0.25) is 0 Å². The molecule has 0 saturated carbocycles. The van der Waals surface area contributed by atoms with E-state index < -0.39 is 21.6 Å². The molecule has 0 atom stereocenters. The van der Waals surface area contributed by atoms with E-state index in [0.717, 1.165) is 0 Å². The van der Waals surface area contributed by atoms with Gasteiger partial charge in [-0.15, -0.1) is 0 Å². The molecule has 0 spiro atoms. The first-order chi connectivity index (χ1) is 7.45. The molecule has 0 bridgehead atoms. The number of nitrogens with two attached hydrogens (primary N) is 1. The van der Waals surface area contributed by atoms with Gasteiger partial charge in [0.1, 0.15) is 0 Å². The van der Waals surface area contributed by atoms with Crippen molar-refractivity contribution in [2.45, 2.75) is 0 Å². The van der Waals surface area contributed by atoms with E-state index in [1.54, 1.807) is 0 Å². The SMILES string of the molecule is NCCNCC(=O)OP(=O)(O)O.O=P(O)(O)O.[NaH]. The van der Waals surface area contributed by atoms with Gasteiger partial charge in [0.05, 0.1) is 6.54 Å². The van der Waals surface area contributed by atoms with E-state index in [1.165, 1.54) is 0 Å². The van der Waals surface area contributed by atoms with Crippen LogP contribution < -0.4 is 11.1 Å². The standard InChI is InChI=1S/C4H11N2O5P.Na.H3O4P.H/c5-1-2-6-3-4(7)11-12(8,9)10;;1-5(2,3)4;/h6H,1-3,5H2,(H2,8,9,10);;(H3,1,2,3,4);. The van der Waals surface area contributed by atoms with Crippen LogP contribution in [0.15, 0.2) is 0 Å². The first-order valence-corrected chi connectivity index (χ1v) is 7.02. The predicted octanol–water partition coefficient (Wildman–Crippen LogP) is -3.41. The second kappa shape index (κ2) is 11.5. The number of hydrogen-bond acceptors (Lipinski definition) is 6. The fraction of sp³-hybridized carbons (Fsp3) is 0.750. The van der Waals surface area contributed by atoms with Gasteiger partial charge in [-0.25, -0.2) is 9.13 Å². The van der Waals surface area contributed by atoms with E-state index >= 15 is 0 Å². The normalized spacial score (nSPS) is 10.8. The molecule has 0 aliphatic carbocycles. The summed E-state index contributed by atoms with van der Waals surface area (Å²) in [5.41, 5.74) is 5.07. The molecule has 106 valence electrons. The molecule has 0 heterocycles. The van der Waals surface area contributed by atoms with Crippen molar-refractivity contribution in [3.05, 3.63) is 0 Å². The monoisotopic (exact) mass is 320 g/mol. The van der Waals surface area contributed by atoms with Crippen molar-refractivity contribution in [2.24, 2.45) is 5.73 Å². The van der Waals surface area contributed by atoms with E-state index in [2.05, 4.69) is 9.84 Å². The number of rotatable bonds is 5. The average molecular weight is 320 g/mol. The maximum absolute atomic E-state index is 10.5. The Hall–Kier alpha value is 0.650. The second-order valence-electron chi connectivity index (χ2n) is 2.43. The van der Waals surface area contributed by atoms with Gasteiger partial charge in [-0.05, 0) is 0 Å². The fourth-order valence-corrected chi connectivity index (χ4v) is 0.787. The molecule has 0 aromatic rings. The summed E-state index contributed by atoms with van der Waals surface area (Å²) in [5.74, 6) is -1.00. The summed E-state index contributed by atoms with van der Waals surface area (Å²) in [4.78, 5) is 48.4. The summed E-state index contributed by atoms with van der Waals surface area (Å²) in [6.07, 6.45) is 0. The molecule has 0 aliphatic rings. The van der Waals surface area contributed by atoms with Crippen molar-refractivity contribution in [3.8, 4) is 0 Å². The van der Waals surface area contributed by atoms with Crippen LogP contribution in [0, 0.1) is 0 Å². The molecule has 8 N–H and O–H groups in total. The van der Waals surface area contributed by atoms with Gasteiger partial charge in [0, 0.05) is 13.1 Å². The van der Waals surface area contributed by atoms with Gasteiger partial charge in [-0.2, -0.15) is 0 Å². The first kappa shape index (κ1) is 23.7. The molecule has 0 saturated heterocycles. The van der Waals surface area contributed by atoms with Gasteiger partial charge in [-0.1, -0.05) is 0 Å². The molecule has 0 radical (unpaired) electrons. The Labute approximate surface area is 124 Å². The topological polar surface area (TPSA) is 200 Å². The van der Waals surface area contributed by atoms with Crippen LogP contribution in [0.4, 0.5) is 0 Å². The molecule has 0 fully saturated rings. The zero-order chi connectivity index (χ0) is 14.1. The van der Waals surface area contributed by atoms with Crippen LogP contribution in [-0.2, 0) is 18.4 Å². The van der Waals surface area contributed by atoms with Crippen LogP contribution in [-0.4, -0.2) is 79.6 Å². The molecule has 0 rings (SSSR count). The minimum atomic E-state index is -4.69. The average Bonchev–Trinajstić information content (AvgIpc) is 1.97. The summed E-state index contributed by atoms with van der Waals surface area (Å²) in [5, 5.41) is 2.51. The molecule has 14 heteroatoms. The molecule has 0 aliphatic heterocycles. The number of hydrogen-bond donors (Lipinski definition) is 7. The third-order valence-electron chi connectivity index (χ3n) is 0.811. The van der Waals surface area contributed by atoms with Gasteiger partial charge in [0.15, 0.2) is 0 Å². The number of phosphoric ester groups is 1. The second-order valence-corrected chi connectivity index (χ2v) is 4.62. The third-order valence-corrected chi connectivity index (χ3v) is 1.25. The Morgan fingerprint density at radius 3 is 1.83 bits per heavy atom. The summed E-state index contributed by atoms with van der Waals surface area (Å²) < 4.78 is 22.7. The van der Waals surface area contributed by atoms with E-state index in [-0.39, 0.29) is 36.1 Å². The summed E-state index contributed by atoms with van der Waals surface area (Å²) in [6, 6.07) is 0. The molecular weight excluding hydrogens is 305 g/mol. The number of phosphoric acid groups is 2. The van der Waals surface area contributed by atoms with Gasteiger partial charge >= 0.3 is 51.2 Å². The van der Waals surface area contributed by atoms with E-state index in [4.69, 9.17) is 34.8 Å². The van der Waals surface area contributed by atoms with Gasteiger partial charge in [-0.3, -0.25) is 14.6 Å². The molecule has 0 aromatic heterocycles. The third kappa shape index (κ3) is 36.0. The summed E-state index contributed by atoms with van der Waals surface area (Å²) in [6.45, 7) is 0.460. The molecule has 11 nitrogen and oxygen atoms in total. The zero-order valence-corrected chi connectivity index (χ0v) is 10.3. The van der Waals surface area contributed by atoms with E-state index in [9.17, 15) is 9.36 Å². The van der Waals surface area contributed by atoms with Crippen LogP contribution >= 0.6 is 15.6 Å². The number of carbonyl (C=O) groups excluding carboxylic acids is 1. The van der Waals surface area contributed by atoms with Crippen molar-refractivity contribution in [2.75, 3.05) is 19.6 Å². The van der Waals surface area contributed by atoms with E-state index in [0.29, 0.717) is 13.1 Å². The van der Waals surface area contributed by atoms with Gasteiger partial charge in [0.25, 0.3) is 0 Å². The molecular formula is C4H15N2NaO9P2. The van der Waals surface area contributed by atoms with E-state index in [1.807, 2.05) is 0 Å². The maximum atomic E-state index is 10.5. The quantitative estimate of drug-likeness (QED) is 0.151. The molecule has 0 amide bonds. The Bertz CT molecular complexity index is 305. The van der Waals surface area contributed by atoms with Crippen molar-refractivity contribution in [3.63, 3.8) is 0 Å². The van der Waals surface area contributed by atoms with Crippen LogP contribution in [0.3, 0.4) is 0 Å². The molecule has 0 unspecified atom stereocenters. The van der Waals surface area contributed by atoms with Gasteiger partial charge < -0.3 is 30.3 Å². The Kier molecular flexibility index (Phi) is 15.1. The minimum absolute atomic E-state index is 0. The van der Waals surface area contributed by atoms with Crippen molar-refractivity contribution >= 4 is 51.2 Å². The Morgan fingerprint density at radius 2 is 1.56 bits per heavy atom. The molecule has 18 heavy (non-hydrogen) atoms. The predicted molar refractivity (Wildman–Crippen MR) is 61.5 cm³/mol. The Balaban J connectivity index is -0.000000321. The zero-order valence-electron chi connectivity index (χ0n) is 8.46. The van der Waals surface area contributed by atoms with Crippen molar-refractivity contribution in [1.82, 2.24) is 5.32 Å². The van der Waals surface area contributed by atoms with Crippen molar-refractivity contribution in [1.29, 1.82) is 0 Å². The van der Waals surface area contributed by atoms with Crippen LogP contribution in [0.1, 0.15) is 0 Å². The number of carbonyl (C=O) groups is 1. The number of nitrogens with one attached hydrogen (secondary N) is 1. The summed E-state index contributed by atoms with van der Waals surface area (Å²) >= 11 is 0. The van der Waals surface area contributed by atoms with Crippen LogP contribution in [0.5, 0.6) is 0 Å². The first-order valence-electron chi connectivity index (χ1n) is 3.92. The summed E-state index contributed by atoms with van der Waals surface area (Å²) in [7, 11) is -9.33. The van der Waals surface area contributed by atoms with Crippen LogP contribution in [0.25, 0.3) is 0 Å². The Morgan fingerprint density at radius 1 is 1.17 bits per heavy atom.